The number of esters is 2. The summed E-state index contributed by atoms with van der Waals surface area (Å²) in [6.45, 7) is 11.3. The maximum atomic E-state index is 11.1. The molecular formula is C18H34O7. The number of carbonyl (C=O) groups is 4. The molecular weight excluding hydrogens is 328 g/mol. The first-order valence-electron chi connectivity index (χ1n) is 7.37. The molecule has 0 atom stereocenters. The quantitative estimate of drug-likeness (QED) is 0.267. The van der Waals surface area contributed by atoms with Gasteiger partial charge in [-0.15, -0.1) is 0 Å². The van der Waals surface area contributed by atoms with E-state index in [2.05, 4.69) is 0 Å². The van der Waals surface area contributed by atoms with Crippen molar-refractivity contribution in [2.45, 2.75) is 81.9 Å². The first kappa shape index (κ1) is 30.7. The minimum atomic E-state index is -1.26. The molecule has 0 saturated carbocycles. The van der Waals surface area contributed by atoms with E-state index in [1.807, 2.05) is 13.8 Å². The molecule has 1 rings (SSSR count). The second-order valence-corrected chi connectivity index (χ2v) is 4.91. The Balaban J connectivity index is -0.000000162. The Morgan fingerprint density at radius 3 is 1.56 bits per heavy atom. The van der Waals surface area contributed by atoms with Gasteiger partial charge in [-0.05, 0) is 13.8 Å². The highest BCUT2D eigenvalue weighted by Crippen LogP contribution is 2.23. The second kappa shape index (κ2) is 14.2. The lowest BCUT2D eigenvalue weighted by Crippen LogP contribution is -2.42. The van der Waals surface area contributed by atoms with Gasteiger partial charge in [0.15, 0.2) is 5.57 Å². The van der Waals surface area contributed by atoms with Crippen LogP contribution in [0.2, 0.25) is 0 Å². The molecule has 1 aliphatic heterocycles. The smallest absolute Gasteiger partial charge is 0.352 e. The number of carbonyl (C=O) groups excluding carboxylic acids is 4. The molecule has 1 saturated heterocycles. The number of rotatable bonds is 3. The molecule has 148 valence electrons. The molecule has 1 N–H and O–H groups in total. The monoisotopic (exact) mass is 362 g/mol. The number of Topliss-reactive ketones (excluding diaryl/α,β-unsaturated/α-hetero) is 2. The predicted molar refractivity (Wildman–Crippen MR) is 97.0 cm³/mol. The van der Waals surface area contributed by atoms with Gasteiger partial charge in [-0.1, -0.05) is 35.6 Å². The molecule has 0 spiro atoms. The van der Waals surface area contributed by atoms with Crippen LogP contribution < -0.4 is 0 Å². The van der Waals surface area contributed by atoms with Crippen LogP contribution in [-0.4, -0.2) is 34.4 Å². The third-order valence-corrected chi connectivity index (χ3v) is 2.29. The third kappa shape index (κ3) is 12.9. The molecule has 0 aromatic heterocycles. The van der Waals surface area contributed by atoms with Crippen LogP contribution in [0, 0.1) is 0 Å². The minimum absolute atomic E-state index is 0. The van der Waals surface area contributed by atoms with Crippen molar-refractivity contribution in [2.75, 3.05) is 0 Å². The minimum Gasteiger partial charge on any atom is -0.511 e. The van der Waals surface area contributed by atoms with E-state index in [1.165, 1.54) is 27.7 Å². The molecule has 7 heteroatoms. The van der Waals surface area contributed by atoms with E-state index in [4.69, 9.17) is 14.6 Å². The van der Waals surface area contributed by atoms with Crippen molar-refractivity contribution in [3.63, 3.8) is 0 Å². The molecule has 0 aromatic carbocycles. The van der Waals surface area contributed by atoms with E-state index in [-0.39, 0.29) is 32.8 Å². The van der Waals surface area contributed by atoms with Gasteiger partial charge in [0.2, 0.25) is 0 Å². The molecule has 1 fully saturated rings. The molecule has 0 bridgehead atoms. The lowest BCUT2D eigenvalue weighted by atomic mass is 10.2. The van der Waals surface area contributed by atoms with Gasteiger partial charge in [0.25, 0.3) is 5.79 Å². The Morgan fingerprint density at radius 2 is 1.36 bits per heavy atom. The van der Waals surface area contributed by atoms with Crippen LogP contribution in [0.4, 0.5) is 0 Å². The maximum Gasteiger partial charge on any atom is 0.352 e. The van der Waals surface area contributed by atoms with Crippen LogP contribution in [0.25, 0.3) is 0 Å². The van der Waals surface area contributed by atoms with Crippen molar-refractivity contribution < 1.29 is 33.8 Å². The number of allylic oxidation sites excluding steroid dienone is 1. The Hall–Kier alpha value is -2.18. The fourth-order valence-corrected chi connectivity index (χ4v) is 1.35. The van der Waals surface area contributed by atoms with E-state index in [9.17, 15) is 19.2 Å². The number of aliphatic hydroxyl groups excluding tert-OH is 1. The SMILES string of the molecule is C.C.CC.CC(O)=C1C(=O)OC(C)(C)OC1=O.CCC(=O)CC(C)=O. The zero-order valence-corrected chi connectivity index (χ0v) is 14.8. The van der Waals surface area contributed by atoms with Gasteiger partial charge >= 0.3 is 11.9 Å². The first-order chi connectivity index (χ1) is 10.5. The fraction of sp³-hybridized carbons (Fsp3) is 0.667. The lowest BCUT2D eigenvalue weighted by Gasteiger charge is -2.29. The Kier molecular flexibility index (Phi) is 17.4. The molecule has 1 heterocycles. The molecule has 0 aromatic rings. The van der Waals surface area contributed by atoms with Crippen molar-refractivity contribution in [1.82, 2.24) is 0 Å². The highest BCUT2D eigenvalue weighted by atomic mass is 16.7. The van der Waals surface area contributed by atoms with Gasteiger partial charge in [-0.25, -0.2) is 9.59 Å². The van der Waals surface area contributed by atoms with Gasteiger partial charge < -0.3 is 14.6 Å². The summed E-state index contributed by atoms with van der Waals surface area (Å²) >= 11 is 0. The van der Waals surface area contributed by atoms with Gasteiger partial charge in [-0.3, -0.25) is 9.59 Å². The summed E-state index contributed by atoms with van der Waals surface area (Å²) < 4.78 is 9.44. The van der Waals surface area contributed by atoms with Crippen LogP contribution in [-0.2, 0) is 28.7 Å². The Bertz CT molecular complexity index is 462. The van der Waals surface area contributed by atoms with Crippen LogP contribution in [0.5, 0.6) is 0 Å². The number of cyclic esters (lactones) is 2. The average Bonchev–Trinajstić information content (AvgIpc) is 2.37. The molecule has 0 amide bonds. The Labute approximate surface area is 151 Å². The lowest BCUT2D eigenvalue weighted by molar-refractivity contribution is -0.222. The van der Waals surface area contributed by atoms with E-state index < -0.39 is 29.1 Å². The normalized spacial score (nSPS) is 13.8. The van der Waals surface area contributed by atoms with Gasteiger partial charge in [0, 0.05) is 20.3 Å². The van der Waals surface area contributed by atoms with Crippen molar-refractivity contribution in [2.24, 2.45) is 0 Å². The first-order valence-corrected chi connectivity index (χ1v) is 7.37. The summed E-state index contributed by atoms with van der Waals surface area (Å²) in [6.07, 6.45) is 0.579. The number of aliphatic hydroxyl groups is 1. The summed E-state index contributed by atoms with van der Waals surface area (Å²) in [6, 6.07) is 0. The molecule has 0 radical (unpaired) electrons. The molecule has 0 unspecified atom stereocenters. The zero-order chi connectivity index (χ0) is 18.8. The highest BCUT2D eigenvalue weighted by molar-refractivity contribution is 6.15. The molecule has 0 aliphatic carbocycles. The van der Waals surface area contributed by atoms with Crippen molar-refractivity contribution >= 4 is 23.5 Å². The largest absolute Gasteiger partial charge is 0.511 e. The van der Waals surface area contributed by atoms with Crippen LogP contribution in [0.1, 0.15) is 76.2 Å². The number of ketones is 2. The fourth-order valence-electron chi connectivity index (χ4n) is 1.35. The topological polar surface area (TPSA) is 107 Å². The van der Waals surface area contributed by atoms with Crippen molar-refractivity contribution in [1.29, 1.82) is 0 Å². The molecule has 7 nitrogen and oxygen atoms in total. The van der Waals surface area contributed by atoms with E-state index in [1.54, 1.807) is 6.92 Å². The number of hydrogen-bond donors (Lipinski definition) is 1. The van der Waals surface area contributed by atoms with E-state index in [0.717, 1.165) is 0 Å². The maximum absolute atomic E-state index is 11.1. The van der Waals surface area contributed by atoms with E-state index >= 15 is 0 Å². The zero-order valence-electron chi connectivity index (χ0n) is 14.8. The average molecular weight is 362 g/mol. The molecule has 25 heavy (non-hydrogen) atoms. The van der Waals surface area contributed by atoms with Crippen molar-refractivity contribution in [3.8, 4) is 0 Å². The summed E-state index contributed by atoms with van der Waals surface area (Å²) in [5, 5.41) is 8.97. The summed E-state index contributed by atoms with van der Waals surface area (Å²) in [5.74, 6) is -3.39. The summed E-state index contributed by atoms with van der Waals surface area (Å²) in [7, 11) is 0. The predicted octanol–water partition coefficient (Wildman–Crippen LogP) is 3.90. The van der Waals surface area contributed by atoms with Crippen LogP contribution >= 0.6 is 0 Å². The third-order valence-electron chi connectivity index (χ3n) is 2.29. The molecule has 1 aliphatic rings. The van der Waals surface area contributed by atoms with Gasteiger partial charge in [0.05, 0.1) is 6.42 Å². The van der Waals surface area contributed by atoms with Crippen molar-refractivity contribution in [3.05, 3.63) is 11.3 Å². The number of hydrogen-bond acceptors (Lipinski definition) is 7. The summed E-state index contributed by atoms with van der Waals surface area (Å²) in [5.41, 5.74) is -0.445. The number of ether oxygens (including phenoxy) is 2. The summed E-state index contributed by atoms with van der Waals surface area (Å²) in [4.78, 5) is 42.8. The highest BCUT2D eigenvalue weighted by Gasteiger charge is 2.40. The van der Waals surface area contributed by atoms with Gasteiger partial charge in [-0.2, -0.15) is 0 Å². The second-order valence-electron chi connectivity index (χ2n) is 4.91. The standard InChI is InChI=1S/C8H10O5.C6H10O2.C2H6.2CH4/c1-4(9)5-6(10)12-8(2,3)13-7(5)11;1-3-6(8)4-5(2)7;1-2;;/h9H,1-3H3;3-4H2,1-2H3;1-2H3;2*1H4. The van der Waals surface area contributed by atoms with E-state index in [0.29, 0.717) is 6.42 Å². The van der Waals surface area contributed by atoms with Crippen LogP contribution in [0.3, 0.4) is 0 Å². The van der Waals surface area contributed by atoms with Crippen LogP contribution in [0.15, 0.2) is 11.3 Å². The Morgan fingerprint density at radius 1 is 1.00 bits per heavy atom. The van der Waals surface area contributed by atoms with Gasteiger partial charge in [0.1, 0.15) is 17.3 Å².